The van der Waals surface area contributed by atoms with E-state index in [9.17, 15) is 9.59 Å². The minimum Gasteiger partial charge on any atom is -0.462 e. The summed E-state index contributed by atoms with van der Waals surface area (Å²) in [5.41, 5.74) is 0. The molecular formula is C10H14O4. The summed E-state index contributed by atoms with van der Waals surface area (Å²) in [6.07, 6.45) is 2.14. The van der Waals surface area contributed by atoms with Gasteiger partial charge in [0.1, 0.15) is 18.3 Å². The number of esters is 1. The second-order valence-corrected chi connectivity index (χ2v) is 4.00. The third-order valence-electron chi connectivity index (χ3n) is 2.63. The molecule has 4 heteroatoms. The number of carbonyl (C=O) groups excluding carboxylic acids is 2. The van der Waals surface area contributed by atoms with E-state index >= 15 is 0 Å². The molecule has 2 rings (SSSR count). The van der Waals surface area contributed by atoms with Crippen molar-refractivity contribution in [3.8, 4) is 0 Å². The van der Waals surface area contributed by atoms with Crippen molar-refractivity contribution in [1.82, 2.24) is 0 Å². The molecule has 14 heavy (non-hydrogen) atoms. The first-order valence-electron chi connectivity index (χ1n) is 5.02. The molecule has 0 bridgehead atoms. The van der Waals surface area contributed by atoms with Crippen LogP contribution in [0.4, 0.5) is 0 Å². The molecule has 3 atom stereocenters. The lowest BCUT2D eigenvalue weighted by Crippen LogP contribution is -2.21. The topological polar surface area (TPSA) is 55.9 Å². The number of Topliss-reactive ketones (excluding diaryl/α,β-unsaturated/α-hetero) is 1. The molecule has 2 heterocycles. The number of cyclic esters (lactones) is 1. The number of ketones is 1. The van der Waals surface area contributed by atoms with E-state index in [1.165, 1.54) is 0 Å². The van der Waals surface area contributed by atoms with Crippen molar-refractivity contribution in [1.29, 1.82) is 0 Å². The molecule has 0 aromatic carbocycles. The molecule has 0 amide bonds. The highest BCUT2D eigenvalue weighted by atomic mass is 16.6. The Kier molecular flexibility index (Phi) is 2.54. The van der Waals surface area contributed by atoms with Gasteiger partial charge in [-0.1, -0.05) is 0 Å². The maximum Gasteiger partial charge on any atom is 0.313 e. The lowest BCUT2D eigenvalue weighted by molar-refractivity contribution is -0.150. The van der Waals surface area contributed by atoms with E-state index in [0.717, 1.165) is 12.8 Å². The summed E-state index contributed by atoms with van der Waals surface area (Å²) in [5, 5.41) is 0. The largest absolute Gasteiger partial charge is 0.462 e. The molecule has 0 N–H and O–H groups in total. The van der Waals surface area contributed by atoms with Gasteiger partial charge in [-0.25, -0.2) is 0 Å². The molecule has 2 aliphatic heterocycles. The van der Waals surface area contributed by atoms with Crippen LogP contribution in [0, 0.1) is 0 Å². The van der Waals surface area contributed by atoms with Gasteiger partial charge in [-0.3, -0.25) is 9.59 Å². The van der Waals surface area contributed by atoms with Crippen molar-refractivity contribution in [3.63, 3.8) is 0 Å². The van der Waals surface area contributed by atoms with Gasteiger partial charge in [0.25, 0.3) is 0 Å². The average Bonchev–Trinajstić information content (AvgIpc) is 2.78. The van der Waals surface area contributed by atoms with E-state index in [-0.39, 0.29) is 30.5 Å². The van der Waals surface area contributed by atoms with Crippen LogP contribution >= 0.6 is 0 Å². The number of hydrogen-bond acceptors (Lipinski definition) is 4. The summed E-state index contributed by atoms with van der Waals surface area (Å²) in [6.45, 7) is 1.84. The Morgan fingerprint density at radius 2 is 2.07 bits per heavy atom. The summed E-state index contributed by atoms with van der Waals surface area (Å²) < 4.78 is 10.4. The first-order chi connectivity index (χ1) is 6.65. The van der Waals surface area contributed by atoms with Crippen LogP contribution in [-0.4, -0.2) is 30.1 Å². The number of ether oxygens (including phenoxy) is 2. The van der Waals surface area contributed by atoms with Crippen molar-refractivity contribution in [2.75, 3.05) is 0 Å². The second-order valence-electron chi connectivity index (χ2n) is 4.00. The van der Waals surface area contributed by atoms with Crippen molar-refractivity contribution in [2.45, 2.75) is 50.9 Å². The number of epoxide rings is 1. The van der Waals surface area contributed by atoms with Crippen molar-refractivity contribution < 1.29 is 19.1 Å². The summed E-state index contributed by atoms with van der Waals surface area (Å²) >= 11 is 0. The van der Waals surface area contributed by atoms with Crippen LogP contribution in [0.5, 0.6) is 0 Å². The highest BCUT2D eigenvalue weighted by Crippen LogP contribution is 2.31. The van der Waals surface area contributed by atoms with Gasteiger partial charge in [0.2, 0.25) is 0 Å². The maximum atomic E-state index is 11.2. The minimum absolute atomic E-state index is 0.0432. The molecule has 0 aromatic heterocycles. The fourth-order valence-corrected chi connectivity index (χ4v) is 1.83. The molecule has 0 aliphatic carbocycles. The highest BCUT2D eigenvalue weighted by Gasteiger charge is 2.40. The van der Waals surface area contributed by atoms with E-state index in [1.807, 2.05) is 6.92 Å². The van der Waals surface area contributed by atoms with Crippen LogP contribution in [0.25, 0.3) is 0 Å². The predicted molar refractivity (Wildman–Crippen MR) is 47.7 cm³/mol. The molecule has 0 radical (unpaired) electrons. The molecule has 0 aromatic rings. The fraction of sp³-hybridized carbons (Fsp3) is 0.800. The van der Waals surface area contributed by atoms with Gasteiger partial charge in [-0.05, 0) is 13.3 Å². The Bertz CT molecular complexity index is 261. The maximum absolute atomic E-state index is 11.2. The molecule has 3 unspecified atom stereocenters. The van der Waals surface area contributed by atoms with Crippen molar-refractivity contribution in [3.05, 3.63) is 0 Å². The predicted octanol–water partition coefficient (Wildman–Crippen LogP) is 0.829. The third kappa shape index (κ3) is 2.32. The smallest absolute Gasteiger partial charge is 0.313 e. The van der Waals surface area contributed by atoms with E-state index in [2.05, 4.69) is 0 Å². The van der Waals surface area contributed by atoms with Crippen LogP contribution in [0.3, 0.4) is 0 Å². The first-order valence-corrected chi connectivity index (χ1v) is 5.02. The van der Waals surface area contributed by atoms with Gasteiger partial charge in [0.15, 0.2) is 0 Å². The fourth-order valence-electron chi connectivity index (χ4n) is 1.83. The Morgan fingerprint density at radius 3 is 2.86 bits per heavy atom. The third-order valence-corrected chi connectivity index (χ3v) is 2.63. The number of fused-ring (bicyclic) bond motifs is 1. The average molecular weight is 198 g/mol. The lowest BCUT2D eigenvalue weighted by Gasteiger charge is -2.12. The molecule has 2 fully saturated rings. The van der Waals surface area contributed by atoms with Gasteiger partial charge < -0.3 is 9.47 Å². The quantitative estimate of drug-likeness (QED) is 0.328. The Hall–Kier alpha value is -0.900. The van der Waals surface area contributed by atoms with Gasteiger partial charge in [-0.2, -0.15) is 0 Å². The van der Waals surface area contributed by atoms with E-state index < -0.39 is 5.97 Å². The van der Waals surface area contributed by atoms with Gasteiger partial charge in [0.05, 0.1) is 12.2 Å². The minimum atomic E-state index is -0.401. The molecule has 78 valence electrons. The van der Waals surface area contributed by atoms with Gasteiger partial charge in [0, 0.05) is 12.8 Å². The molecular weight excluding hydrogens is 184 g/mol. The van der Waals surface area contributed by atoms with Crippen LogP contribution < -0.4 is 0 Å². The monoisotopic (exact) mass is 198 g/mol. The number of rotatable bonds is 0. The van der Waals surface area contributed by atoms with Crippen LogP contribution in [-0.2, 0) is 19.1 Å². The Balaban J connectivity index is 1.95. The summed E-state index contributed by atoms with van der Waals surface area (Å²) in [4.78, 5) is 22.4. The Morgan fingerprint density at radius 1 is 1.29 bits per heavy atom. The number of carbonyl (C=O) groups is 2. The Labute approximate surface area is 82.6 Å². The van der Waals surface area contributed by atoms with Crippen LogP contribution in [0.15, 0.2) is 0 Å². The lowest BCUT2D eigenvalue weighted by atomic mass is 10.1. The SMILES string of the molecule is CC1CC2OC2CCC(=O)CC(=O)O1. The zero-order valence-electron chi connectivity index (χ0n) is 8.19. The molecule has 2 saturated heterocycles. The van der Waals surface area contributed by atoms with Crippen molar-refractivity contribution in [2.24, 2.45) is 0 Å². The standard InChI is InChI=1S/C10H14O4/c1-6-4-9-8(14-9)3-2-7(11)5-10(12)13-6/h6,8-9H,2-5H2,1H3. The van der Waals surface area contributed by atoms with Crippen LogP contribution in [0.2, 0.25) is 0 Å². The summed E-state index contributed by atoms with van der Waals surface area (Å²) in [7, 11) is 0. The molecule has 4 nitrogen and oxygen atoms in total. The highest BCUT2D eigenvalue weighted by molar-refractivity contribution is 5.95. The molecule has 0 spiro atoms. The van der Waals surface area contributed by atoms with Crippen LogP contribution in [0.1, 0.15) is 32.6 Å². The zero-order valence-corrected chi connectivity index (χ0v) is 8.19. The van der Waals surface area contributed by atoms with E-state index in [1.54, 1.807) is 0 Å². The summed E-state index contributed by atoms with van der Waals surface area (Å²) in [5.74, 6) is -0.444. The second kappa shape index (κ2) is 3.69. The van der Waals surface area contributed by atoms with E-state index in [4.69, 9.17) is 9.47 Å². The molecule has 0 saturated carbocycles. The number of hydrogen-bond donors (Lipinski definition) is 0. The summed E-state index contributed by atoms with van der Waals surface area (Å²) in [6, 6.07) is 0. The van der Waals surface area contributed by atoms with E-state index in [0.29, 0.717) is 6.42 Å². The first kappa shape index (κ1) is 9.65. The van der Waals surface area contributed by atoms with Gasteiger partial charge >= 0.3 is 5.97 Å². The van der Waals surface area contributed by atoms with Gasteiger partial charge in [-0.15, -0.1) is 0 Å². The normalized spacial score (nSPS) is 38.5. The van der Waals surface area contributed by atoms with Crippen molar-refractivity contribution >= 4 is 11.8 Å². The zero-order chi connectivity index (χ0) is 10.1. The molecule has 2 aliphatic rings.